The summed E-state index contributed by atoms with van der Waals surface area (Å²) in [5, 5.41) is 8.02. The molecule has 0 aromatic heterocycles. The van der Waals surface area contributed by atoms with Crippen LogP contribution < -0.4 is 20.7 Å². The van der Waals surface area contributed by atoms with Crippen molar-refractivity contribution in [2.24, 2.45) is 0 Å². The van der Waals surface area contributed by atoms with Crippen LogP contribution in [0.25, 0.3) is 0 Å². The lowest BCUT2D eigenvalue weighted by molar-refractivity contribution is -0.0498. The van der Waals surface area contributed by atoms with Crippen LogP contribution in [-0.4, -0.2) is 24.6 Å². The molecule has 0 heterocycles. The number of hydrogen-bond acceptors (Lipinski definition) is 3. The highest BCUT2D eigenvalue weighted by atomic mass is 19.3. The molecule has 26 heavy (non-hydrogen) atoms. The zero-order valence-electron chi connectivity index (χ0n) is 14.3. The largest absolute Gasteiger partial charge is 0.435 e. The Hall–Kier alpha value is -3.16. The molecule has 138 valence electrons. The van der Waals surface area contributed by atoms with E-state index in [9.17, 15) is 18.4 Å². The SMILES string of the molecule is CC(C)NC(=O)Nc1ccccc1NC(=O)c1ccc(OC(F)F)cc1. The van der Waals surface area contributed by atoms with Crippen LogP contribution >= 0.6 is 0 Å². The molecule has 0 saturated carbocycles. The number of hydrogen-bond donors (Lipinski definition) is 3. The number of para-hydroxylation sites is 2. The minimum Gasteiger partial charge on any atom is -0.435 e. The zero-order valence-corrected chi connectivity index (χ0v) is 14.3. The van der Waals surface area contributed by atoms with E-state index >= 15 is 0 Å². The minimum absolute atomic E-state index is 0.0364. The van der Waals surface area contributed by atoms with Gasteiger partial charge in [-0.1, -0.05) is 12.1 Å². The Morgan fingerprint density at radius 1 is 0.923 bits per heavy atom. The number of nitrogens with one attached hydrogen (secondary N) is 3. The molecule has 0 aliphatic heterocycles. The van der Waals surface area contributed by atoms with Crippen LogP contribution in [0.1, 0.15) is 24.2 Å². The summed E-state index contributed by atoms with van der Waals surface area (Å²) < 4.78 is 28.5. The number of carbonyl (C=O) groups excluding carboxylic acids is 2. The highest BCUT2D eigenvalue weighted by Crippen LogP contribution is 2.22. The van der Waals surface area contributed by atoms with Crippen LogP contribution in [0.4, 0.5) is 25.0 Å². The fourth-order valence-corrected chi connectivity index (χ4v) is 2.10. The van der Waals surface area contributed by atoms with Gasteiger partial charge in [-0.2, -0.15) is 8.78 Å². The zero-order chi connectivity index (χ0) is 19.1. The monoisotopic (exact) mass is 363 g/mol. The highest BCUT2D eigenvalue weighted by molar-refractivity contribution is 6.07. The lowest BCUT2D eigenvalue weighted by Gasteiger charge is -2.14. The molecule has 3 N–H and O–H groups in total. The Morgan fingerprint density at radius 2 is 1.50 bits per heavy atom. The van der Waals surface area contributed by atoms with Gasteiger partial charge in [0.15, 0.2) is 0 Å². The van der Waals surface area contributed by atoms with E-state index in [0.29, 0.717) is 11.4 Å². The van der Waals surface area contributed by atoms with Crippen molar-refractivity contribution in [1.82, 2.24) is 5.32 Å². The smallest absolute Gasteiger partial charge is 0.387 e. The molecule has 2 rings (SSSR count). The van der Waals surface area contributed by atoms with Gasteiger partial charge in [-0.15, -0.1) is 0 Å². The van der Waals surface area contributed by atoms with Crippen molar-refractivity contribution < 1.29 is 23.1 Å². The van der Waals surface area contributed by atoms with E-state index in [0.717, 1.165) is 0 Å². The molecule has 0 atom stereocenters. The Morgan fingerprint density at radius 3 is 2.04 bits per heavy atom. The second-order valence-electron chi connectivity index (χ2n) is 5.66. The van der Waals surface area contributed by atoms with Crippen molar-refractivity contribution in [1.29, 1.82) is 0 Å². The number of benzene rings is 2. The van der Waals surface area contributed by atoms with Gasteiger partial charge in [0.2, 0.25) is 0 Å². The molecular weight excluding hydrogens is 344 g/mol. The predicted octanol–water partition coefficient (Wildman–Crippen LogP) is 4.07. The Bertz CT molecular complexity index is 765. The van der Waals surface area contributed by atoms with Crippen LogP contribution in [0, 0.1) is 0 Å². The lowest BCUT2D eigenvalue weighted by atomic mass is 10.2. The van der Waals surface area contributed by atoms with E-state index in [4.69, 9.17) is 0 Å². The summed E-state index contributed by atoms with van der Waals surface area (Å²) in [6.07, 6.45) is 0. The average molecular weight is 363 g/mol. The fourth-order valence-electron chi connectivity index (χ4n) is 2.10. The third kappa shape index (κ3) is 5.73. The van der Waals surface area contributed by atoms with Gasteiger partial charge in [0.25, 0.3) is 5.91 Å². The summed E-state index contributed by atoms with van der Waals surface area (Å²) >= 11 is 0. The van der Waals surface area contributed by atoms with Crippen molar-refractivity contribution in [3.63, 3.8) is 0 Å². The van der Waals surface area contributed by atoms with Crippen molar-refractivity contribution in [2.75, 3.05) is 10.6 Å². The Labute approximate surface area is 149 Å². The standard InChI is InChI=1S/C18H19F2N3O3/c1-11(2)21-18(25)23-15-6-4-3-5-14(15)22-16(24)12-7-9-13(10-8-12)26-17(19)20/h3-11,17H,1-2H3,(H,22,24)(H2,21,23,25). The molecule has 3 amide bonds. The maximum absolute atomic E-state index is 12.3. The molecule has 8 heteroatoms. The third-order valence-corrected chi connectivity index (χ3v) is 3.18. The second kappa shape index (κ2) is 8.80. The molecule has 0 aliphatic rings. The van der Waals surface area contributed by atoms with Gasteiger partial charge < -0.3 is 20.7 Å². The van der Waals surface area contributed by atoms with Crippen molar-refractivity contribution in [2.45, 2.75) is 26.5 Å². The fraction of sp³-hybridized carbons (Fsp3) is 0.222. The summed E-state index contributed by atoms with van der Waals surface area (Å²) in [6, 6.07) is 11.6. The number of urea groups is 1. The van der Waals surface area contributed by atoms with E-state index in [-0.39, 0.29) is 17.4 Å². The average Bonchev–Trinajstić information content (AvgIpc) is 2.56. The lowest BCUT2D eigenvalue weighted by Crippen LogP contribution is -2.34. The van der Waals surface area contributed by atoms with E-state index < -0.39 is 18.5 Å². The molecule has 0 radical (unpaired) electrons. The van der Waals surface area contributed by atoms with E-state index in [1.165, 1.54) is 24.3 Å². The van der Waals surface area contributed by atoms with Gasteiger partial charge in [-0.05, 0) is 50.2 Å². The van der Waals surface area contributed by atoms with Crippen LogP contribution in [0.2, 0.25) is 0 Å². The van der Waals surface area contributed by atoms with E-state index in [2.05, 4.69) is 20.7 Å². The van der Waals surface area contributed by atoms with Gasteiger partial charge >= 0.3 is 12.6 Å². The summed E-state index contributed by atoms with van der Waals surface area (Å²) in [4.78, 5) is 24.2. The first kappa shape index (κ1) is 19.2. The molecular formula is C18H19F2N3O3. The number of carbonyl (C=O) groups is 2. The molecule has 0 aliphatic carbocycles. The number of halogens is 2. The van der Waals surface area contributed by atoms with Crippen LogP contribution in [0.15, 0.2) is 48.5 Å². The number of alkyl halides is 2. The molecule has 0 bridgehead atoms. The quantitative estimate of drug-likeness (QED) is 0.724. The Kier molecular flexibility index (Phi) is 6.48. The first-order chi connectivity index (χ1) is 12.3. The number of anilines is 2. The van der Waals surface area contributed by atoms with Crippen molar-refractivity contribution >= 4 is 23.3 Å². The van der Waals surface area contributed by atoms with E-state index in [1.54, 1.807) is 24.3 Å². The number of ether oxygens (including phenoxy) is 1. The molecule has 0 fully saturated rings. The van der Waals surface area contributed by atoms with Gasteiger partial charge in [-0.25, -0.2) is 4.79 Å². The van der Waals surface area contributed by atoms with Crippen LogP contribution in [-0.2, 0) is 0 Å². The molecule has 0 unspecified atom stereocenters. The maximum atomic E-state index is 12.3. The molecule has 0 spiro atoms. The summed E-state index contributed by atoms with van der Waals surface area (Å²) in [6.45, 7) is 0.730. The normalized spacial score (nSPS) is 10.5. The first-order valence-corrected chi connectivity index (χ1v) is 7.88. The second-order valence-corrected chi connectivity index (χ2v) is 5.66. The summed E-state index contributed by atoms with van der Waals surface area (Å²) in [7, 11) is 0. The van der Waals surface area contributed by atoms with Gasteiger partial charge in [0.1, 0.15) is 5.75 Å². The molecule has 2 aromatic rings. The predicted molar refractivity (Wildman–Crippen MR) is 94.8 cm³/mol. The molecule has 6 nitrogen and oxygen atoms in total. The summed E-state index contributed by atoms with van der Waals surface area (Å²) in [5.41, 5.74) is 1.09. The molecule has 2 aromatic carbocycles. The first-order valence-electron chi connectivity index (χ1n) is 7.88. The Balaban J connectivity index is 2.08. The molecule has 0 saturated heterocycles. The van der Waals surface area contributed by atoms with Crippen LogP contribution in [0.3, 0.4) is 0 Å². The van der Waals surface area contributed by atoms with Crippen molar-refractivity contribution in [3.8, 4) is 5.75 Å². The number of amides is 3. The topological polar surface area (TPSA) is 79.5 Å². The highest BCUT2D eigenvalue weighted by Gasteiger charge is 2.12. The third-order valence-electron chi connectivity index (χ3n) is 3.18. The minimum atomic E-state index is -2.93. The van der Waals surface area contributed by atoms with Gasteiger partial charge in [0, 0.05) is 11.6 Å². The number of rotatable bonds is 6. The van der Waals surface area contributed by atoms with Crippen LogP contribution in [0.5, 0.6) is 5.75 Å². The summed E-state index contributed by atoms with van der Waals surface area (Å²) in [5.74, 6) is -0.490. The van der Waals surface area contributed by atoms with Gasteiger partial charge in [-0.3, -0.25) is 4.79 Å². The van der Waals surface area contributed by atoms with Crippen molar-refractivity contribution in [3.05, 3.63) is 54.1 Å². The van der Waals surface area contributed by atoms with Gasteiger partial charge in [0.05, 0.1) is 11.4 Å². The maximum Gasteiger partial charge on any atom is 0.387 e. The van der Waals surface area contributed by atoms with E-state index in [1.807, 2.05) is 13.8 Å².